The van der Waals surface area contributed by atoms with Gasteiger partial charge in [-0.25, -0.2) is 4.79 Å². The van der Waals surface area contributed by atoms with Crippen LogP contribution in [-0.2, 0) is 10.3 Å². The molecule has 0 amide bonds. The van der Waals surface area contributed by atoms with E-state index in [1.165, 1.54) is 18.5 Å². The smallest absolute Gasteiger partial charge is 0.331 e. The summed E-state index contributed by atoms with van der Waals surface area (Å²) in [6, 6.07) is 1.89. The predicted molar refractivity (Wildman–Crippen MR) is 56.6 cm³/mol. The minimum Gasteiger partial charge on any atom is -0.479 e. The summed E-state index contributed by atoms with van der Waals surface area (Å²) < 4.78 is 1.94. The van der Waals surface area contributed by atoms with Crippen molar-refractivity contribution < 1.29 is 9.90 Å². The highest BCUT2D eigenvalue weighted by Gasteiger charge is 2.31. The molecule has 1 rings (SSSR count). The zero-order chi connectivity index (χ0) is 10.9. The summed E-state index contributed by atoms with van der Waals surface area (Å²) in [7, 11) is 0. The average Bonchev–Trinajstić information content (AvgIpc) is 2.47. The molecule has 6 heteroatoms. The van der Waals surface area contributed by atoms with Crippen molar-refractivity contribution >= 4 is 28.6 Å². The van der Waals surface area contributed by atoms with Crippen molar-refractivity contribution in [2.24, 2.45) is 0 Å². The lowest BCUT2D eigenvalue weighted by Gasteiger charge is -2.19. The van der Waals surface area contributed by atoms with Crippen molar-refractivity contribution in [2.75, 3.05) is 0 Å². The van der Waals surface area contributed by atoms with Gasteiger partial charge >= 0.3 is 5.97 Å². The molecule has 1 heterocycles. The number of aromatic nitrogens is 2. The summed E-state index contributed by atoms with van der Waals surface area (Å²) in [5.74, 6) is -0.985. The lowest BCUT2D eigenvalue weighted by atomic mass is 10.1. The van der Waals surface area contributed by atoms with Gasteiger partial charge in [-0.3, -0.25) is 4.68 Å². The Morgan fingerprint density at radius 1 is 1.79 bits per heavy atom. The van der Waals surface area contributed by atoms with E-state index in [-0.39, 0.29) is 5.69 Å². The molecule has 74 valence electrons. The monoisotopic (exact) mass is 305 g/mol. The van der Waals surface area contributed by atoms with Crippen LogP contribution in [0, 0.1) is 14.9 Å². The van der Waals surface area contributed by atoms with Crippen molar-refractivity contribution in [1.29, 1.82) is 5.26 Å². The molecule has 0 aliphatic carbocycles. The summed E-state index contributed by atoms with van der Waals surface area (Å²) in [4.78, 5) is 10.9. The lowest BCUT2D eigenvalue weighted by Crippen LogP contribution is -2.36. The first kappa shape index (κ1) is 11.0. The maximum absolute atomic E-state index is 10.9. The van der Waals surface area contributed by atoms with E-state index >= 15 is 0 Å². The van der Waals surface area contributed by atoms with Gasteiger partial charge in [-0.05, 0) is 36.4 Å². The van der Waals surface area contributed by atoms with Crippen molar-refractivity contribution in [2.45, 2.75) is 19.4 Å². The Morgan fingerprint density at radius 2 is 2.36 bits per heavy atom. The van der Waals surface area contributed by atoms with Gasteiger partial charge in [-0.1, -0.05) is 0 Å². The molecule has 0 spiro atoms. The second-order valence-corrected chi connectivity index (χ2v) is 4.41. The number of hydrogen-bond acceptors (Lipinski definition) is 3. The molecule has 0 aliphatic rings. The maximum atomic E-state index is 10.9. The molecule has 0 fully saturated rings. The first-order valence-corrected chi connectivity index (χ1v) is 4.86. The lowest BCUT2D eigenvalue weighted by molar-refractivity contribution is -0.146. The van der Waals surface area contributed by atoms with Crippen LogP contribution in [0.25, 0.3) is 0 Å². The minimum absolute atomic E-state index is 0.250. The Kier molecular flexibility index (Phi) is 2.80. The van der Waals surface area contributed by atoms with Crippen LogP contribution in [0.4, 0.5) is 0 Å². The number of carboxylic acids is 1. The van der Waals surface area contributed by atoms with Gasteiger partial charge in [0.2, 0.25) is 0 Å². The Labute approximate surface area is 94.5 Å². The van der Waals surface area contributed by atoms with Crippen LogP contribution in [0.15, 0.2) is 6.20 Å². The molecule has 0 saturated heterocycles. The van der Waals surface area contributed by atoms with E-state index in [0.717, 1.165) is 0 Å². The van der Waals surface area contributed by atoms with Crippen LogP contribution in [-0.4, -0.2) is 20.9 Å². The van der Waals surface area contributed by atoms with Gasteiger partial charge in [0, 0.05) is 6.20 Å². The van der Waals surface area contributed by atoms with Crippen molar-refractivity contribution in [3.05, 3.63) is 15.5 Å². The van der Waals surface area contributed by atoms with Gasteiger partial charge in [0.1, 0.15) is 6.07 Å². The topological polar surface area (TPSA) is 78.9 Å². The number of hydrogen-bond donors (Lipinski definition) is 1. The van der Waals surface area contributed by atoms with E-state index in [4.69, 9.17) is 10.4 Å². The molecule has 0 saturated carbocycles. The molecule has 0 atom stereocenters. The third-order valence-corrected chi connectivity index (χ3v) is 2.66. The molecule has 0 aliphatic heterocycles. The predicted octanol–water partition coefficient (Wildman–Crippen LogP) is 1.18. The fourth-order valence-corrected chi connectivity index (χ4v) is 1.31. The molecular formula is C8H8IN3O2. The van der Waals surface area contributed by atoms with E-state index in [9.17, 15) is 4.79 Å². The van der Waals surface area contributed by atoms with E-state index in [2.05, 4.69) is 5.10 Å². The Morgan fingerprint density at radius 3 is 2.71 bits per heavy atom. The van der Waals surface area contributed by atoms with Gasteiger partial charge in [0.05, 0.1) is 3.57 Å². The summed E-state index contributed by atoms with van der Waals surface area (Å²) >= 11 is 1.95. The van der Waals surface area contributed by atoms with Gasteiger partial charge in [-0.2, -0.15) is 10.4 Å². The Balaban J connectivity index is 3.22. The Hall–Kier alpha value is -1.10. The van der Waals surface area contributed by atoms with Gasteiger partial charge < -0.3 is 5.11 Å². The molecule has 1 aromatic rings. The maximum Gasteiger partial charge on any atom is 0.331 e. The van der Waals surface area contributed by atoms with E-state index in [1.807, 2.05) is 28.7 Å². The highest BCUT2D eigenvalue weighted by molar-refractivity contribution is 14.1. The number of nitrogens with zero attached hydrogens (tertiary/aromatic N) is 3. The van der Waals surface area contributed by atoms with E-state index in [0.29, 0.717) is 3.57 Å². The van der Waals surface area contributed by atoms with Crippen LogP contribution >= 0.6 is 22.6 Å². The third-order valence-electron chi connectivity index (χ3n) is 1.87. The van der Waals surface area contributed by atoms with E-state index < -0.39 is 11.5 Å². The molecule has 5 nitrogen and oxygen atoms in total. The standard InChI is InChI=1S/C8H8IN3O2/c1-8(2,7(13)14)12-4-5(9)6(3-10)11-12/h4H,1-2H3,(H,13,14). The summed E-state index contributed by atoms with van der Waals surface area (Å²) in [6.07, 6.45) is 1.55. The second-order valence-electron chi connectivity index (χ2n) is 3.25. The number of carboxylic acid groups (broad SMARTS) is 1. The second kappa shape index (κ2) is 3.57. The highest BCUT2D eigenvalue weighted by atomic mass is 127. The summed E-state index contributed by atoms with van der Waals surface area (Å²) in [6.45, 7) is 3.05. The number of halogens is 1. The molecule has 0 aromatic carbocycles. The molecule has 14 heavy (non-hydrogen) atoms. The third kappa shape index (κ3) is 1.72. The fraction of sp³-hybridized carbons (Fsp3) is 0.375. The molecule has 0 radical (unpaired) electrons. The largest absolute Gasteiger partial charge is 0.479 e. The highest BCUT2D eigenvalue weighted by Crippen LogP contribution is 2.18. The van der Waals surface area contributed by atoms with Crippen LogP contribution < -0.4 is 0 Å². The molecular weight excluding hydrogens is 297 g/mol. The van der Waals surface area contributed by atoms with Gasteiger partial charge in [-0.15, -0.1) is 0 Å². The quantitative estimate of drug-likeness (QED) is 0.832. The first-order chi connectivity index (χ1) is 6.39. The molecule has 1 N–H and O–H groups in total. The first-order valence-electron chi connectivity index (χ1n) is 3.78. The number of rotatable bonds is 2. The SMILES string of the molecule is CC(C)(C(=O)O)n1cc(I)c(C#N)n1. The minimum atomic E-state index is -1.13. The number of aliphatic carboxylic acids is 1. The number of nitriles is 1. The van der Waals surface area contributed by atoms with Crippen molar-refractivity contribution in [3.8, 4) is 6.07 Å². The van der Waals surface area contributed by atoms with Gasteiger partial charge in [0.15, 0.2) is 11.2 Å². The summed E-state index contributed by atoms with van der Waals surface area (Å²) in [5, 5.41) is 21.5. The summed E-state index contributed by atoms with van der Waals surface area (Å²) in [5.41, 5.74) is -0.880. The van der Waals surface area contributed by atoms with Crippen LogP contribution in [0.3, 0.4) is 0 Å². The average molecular weight is 305 g/mol. The van der Waals surface area contributed by atoms with Crippen LogP contribution in [0.2, 0.25) is 0 Å². The zero-order valence-corrected chi connectivity index (χ0v) is 9.81. The molecule has 0 unspecified atom stereocenters. The van der Waals surface area contributed by atoms with Gasteiger partial charge in [0.25, 0.3) is 0 Å². The van der Waals surface area contributed by atoms with Crippen LogP contribution in [0.5, 0.6) is 0 Å². The molecule has 1 aromatic heterocycles. The van der Waals surface area contributed by atoms with Crippen molar-refractivity contribution in [1.82, 2.24) is 9.78 Å². The van der Waals surface area contributed by atoms with Crippen LogP contribution in [0.1, 0.15) is 19.5 Å². The Bertz CT molecular complexity index is 417. The normalized spacial score (nSPS) is 11.0. The zero-order valence-electron chi connectivity index (χ0n) is 7.65. The van der Waals surface area contributed by atoms with E-state index in [1.54, 1.807) is 6.20 Å². The number of carbonyl (C=O) groups is 1. The van der Waals surface area contributed by atoms with Crippen molar-refractivity contribution in [3.63, 3.8) is 0 Å². The molecule has 0 bridgehead atoms. The fourth-order valence-electron chi connectivity index (χ4n) is 0.813.